The third kappa shape index (κ3) is 2.83. The molecule has 0 saturated heterocycles. The zero-order valence-electron chi connectivity index (χ0n) is 13.3. The molecular weight excluding hydrogens is 308 g/mol. The number of hydrogen-bond acceptors (Lipinski definition) is 5. The molecule has 0 bridgehead atoms. The molecule has 0 spiro atoms. The predicted octanol–water partition coefficient (Wildman–Crippen LogP) is 1.38. The Morgan fingerprint density at radius 1 is 1.08 bits per heavy atom. The van der Waals surface area contributed by atoms with Crippen LogP contribution in [0.4, 0.5) is 11.5 Å². The van der Waals surface area contributed by atoms with E-state index in [9.17, 15) is 14.4 Å². The summed E-state index contributed by atoms with van der Waals surface area (Å²) < 4.78 is 0. The monoisotopic (exact) mass is 324 g/mol. The summed E-state index contributed by atoms with van der Waals surface area (Å²) >= 11 is 0. The Labute approximate surface area is 138 Å². The number of fused-ring (bicyclic) bond motifs is 1. The first-order valence-electron chi connectivity index (χ1n) is 7.36. The molecule has 7 heteroatoms. The van der Waals surface area contributed by atoms with Gasteiger partial charge in [0.05, 0.1) is 23.0 Å². The summed E-state index contributed by atoms with van der Waals surface area (Å²) in [6, 6.07) is 10.0. The van der Waals surface area contributed by atoms with E-state index in [1.807, 2.05) is 19.0 Å². The first kappa shape index (κ1) is 15.7. The number of imide groups is 1. The van der Waals surface area contributed by atoms with E-state index >= 15 is 0 Å². The number of amides is 3. The van der Waals surface area contributed by atoms with Crippen LogP contribution in [0.5, 0.6) is 0 Å². The number of carbonyl (C=O) groups excluding carboxylic acids is 3. The van der Waals surface area contributed by atoms with Crippen molar-refractivity contribution in [2.75, 3.05) is 30.9 Å². The Morgan fingerprint density at radius 2 is 1.71 bits per heavy atom. The second-order valence-electron chi connectivity index (χ2n) is 5.59. The fourth-order valence-corrected chi connectivity index (χ4v) is 2.45. The average Bonchev–Trinajstić information content (AvgIpc) is 2.81. The van der Waals surface area contributed by atoms with E-state index in [-0.39, 0.29) is 6.54 Å². The van der Waals surface area contributed by atoms with E-state index in [2.05, 4.69) is 10.3 Å². The SMILES string of the molecule is CN(C)c1ccc(NC(=O)CN2C(=O)c3ccccc3C2=O)cn1. The maximum absolute atomic E-state index is 12.2. The van der Waals surface area contributed by atoms with Crippen molar-refractivity contribution in [1.29, 1.82) is 0 Å². The van der Waals surface area contributed by atoms with Gasteiger partial charge in [-0.05, 0) is 24.3 Å². The van der Waals surface area contributed by atoms with Crippen molar-refractivity contribution >= 4 is 29.2 Å². The summed E-state index contributed by atoms with van der Waals surface area (Å²) in [6.45, 7) is -0.332. The highest BCUT2D eigenvalue weighted by molar-refractivity contribution is 6.22. The second kappa shape index (κ2) is 6.11. The normalized spacial score (nSPS) is 13.0. The molecule has 0 fully saturated rings. The lowest BCUT2D eigenvalue weighted by atomic mass is 10.1. The van der Waals surface area contributed by atoms with Gasteiger partial charge in [0.2, 0.25) is 5.91 Å². The second-order valence-corrected chi connectivity index (χ2v) is 5.59. The third-order valence-electron chi connectivity index (χ3n) is 3.67. The summed E-state index contributed by atoms with van der Waals surface area (Å²) in [5.74, 6) is -0.601. The largest absolute Gasteiger partial charge is 0.363 e. The summed E-state index contributed by atoms with van der Waals surface area (Å²) in [4.78, 5) is 43.6. The van der Waals surface area contributed by atoms with Crippen LogP contribution in [0, 0.1) is 0 Å². The van der Waals surface area contributed by atoms with Crippen LogP contribution in [-0.2, 0) is 4.79 Å². The van der Waals surface area contributed by atoms with Gasteiger partial charge in [0, 0.05) is 14.1 Å². The lowest BCUT2D eigenvalue weighted by Gasteiger charge is -2.14. The quantitative estimate of drug-likeness (QED) is 0.859. The molecule has 0 saturated carbocycles. The Hall–Kier alpha value is -3.22. The van der Waals surface area contributed by atoms with Crippen LogP contribution in [0.3, 0.4) is 0 Å². The van der Waals surface area contributed by atoms with E-state index in [4.69, 9.17) is 0 Å². The van der Waals surface area contributed by atoms with Crippen molar-refractivity contribution in [3.63, 3.8) is 0 Å². The number of anilines is 2. The number of hydrogen-bond donors (Lipinski definition) is 1. The number of benzene rings is 1. The lowest BCUT2D eigenvalue weighted by molar-refractivity contribution is -0.116. The molecule has 2 heterocycles. The van der Waals surface area contributed by atoms with E-state index in [0.29, 0.717) is 16.8 Å². The highest BCUT2D eigenvalue weighted by Crippen LogP contribution is 2.22. The molecular formula is C17H16N4O3. The standard InChI is InChI=1S/C17H16N4O3/c1-20(2)14-8-7-11(9-18-14)19-15(22)10-21-16(23)12-5-3-4-6-13(12)17(21)24/h3-9H,10H2,1-2H3,(H,19,22). The summed E-state index contributed by atoms with van der Waals surface area (Å²) in [5, 5.41) is 2.64. The maximum Gasteiger partial charge on any atom is 0.262 e. The van der Waals surface area contributed by atoms with Crippen LogP contribution in [0.25, 0.3) is 0 Å². The number of carbonyl (C=O) groups is 3. The molecule has 3 amide bonds. The van der Waals surface area contributed by atoms with Gasteiger partial charge in [0.15, 0.2) is 0 Å². The van der Waals surface area contributed by atoms with Crippen molar-refractivity contribution in [2.45, 2.75) is 0 Å². The van der Waals surface area contributed by atoms with Crippen molar-refractivity contribution in [2.24, 2.45) is 0 Å². The van der Waals surface area contributed by atoms with E-state index in [1.54, 1.807) is 36.4 Å². The minimum Gasteiger partial charge on any atom is -0.363 e. The molecule has 3 rings (SSSR count). The molecule has 122 valence electrons. The number of aromatic nitrogens is 1. The van der Waals surface area contributed by atoms with Gasteiger partial charge in [-0.25, -0.2) is 4.98 Å². The summed E-state index contributed by atoms with van der Waals surface area (Å²) in [7, 11) is 3.73. The first-order valence-corrected chi connectivity index (χ1v) is 7.36. The molecule has 1 aliphatic heterocycles. The average molecular weight is 324 g/mol. The zero-order valence-corrected chi connectivity index (χ0v) is 13.3. The van der Waals surface area contributed by atoms with Gasteiger partial charge in [-0.3, -0.25) is 19.3 Å². The molecule has 1 N–H and O–H groups in total. The van der Waals surface area contributed by atoms with Crippen LogP contribution in [0.15, 0.2) is 42.6 Å². The molecule has 2 aromatic rings. The Morgan fingerprint density at radius 3 is 2.21 bits per heavy atom. The smallest absolute Gasteiger partial charge is 0.262 e. The molecule has 1 aromatic heterocycles. The third-order valence-corrected chi connectivity index (χ3v) is 3.67. The minimum absolute atomic E-state index is 0.326. The van der Waals surface area contributed by atoms with Crippen LogP contribution >= 0.6 is 0 Å². The molecule has 0 aliphatic carbocycles. The molecule has 0 radical (unpaired) electrons. The number of rotatable bonds is 4. The number of pyridine rings is 1. The molecule has 24 heavy (non-hydrogen) atoms. The maximum atomic E-state index is 12.2. The van der Waals surface area contributed by atoms with Crippen LogP contribution in [0.1, 0.15) is 20.7 Å². The Kier molecular flexibility index (Phi) is 3.99. The predicted molar refractivity (Wildman–Crippen MR) is 89.0 cm³/mol. The van der Waals surface area contributed by atoms with Gasteiger partial charge in [-0.1, -0.05) is 12.1 Å². The van der Waals surface area contributed by atoms with Crippen LogP contribution in [-0.4, -0.2) is 48.2 Å². The van der Waals surface area contributed by atoms with E-state index in [0.717, 1.165) is 10.7 Å². The van der Waals surface area contributed by atoms with Gasteiger partial charge in [0.1, 0.15) is 12.4 Å². The fourth-order valence-electron chi connectivity index (χ4n) is 2.45. The highest BCUT2D eigenvalue weighted by atomic mass is 16.2. The van der Waals surface area contributed by atoms with Gasteiger partial charge in [-0.2, -0.15) is 0 Å². The number of nitrogens with one attached hydrogen (secondary N) is 1. The van der Waals surface area contributed by atoms with Gasteiger partial charge in [0.25, 0.3) is 11.8 Å². The molecule has 0 unspecified atom stereocenters. The van der Waals surface area contributed by atoms with E-state index in [1.165, 1.54) is 6.20 Å². The summed E-state index contributed by atoms with van der Waals surface area (Å²) in [5.41, 5.74) is 1.15. The lowest BCUT2D eigenvalue weighted by Crippen LogP contribution is -2.37. The summed E-state index contributed by atoms with van der Waals surface area (Å²) in [6.07, 6.45) is 1.52. The number of nitrogens with zero attached hydrogens (tertiary/aromatic N) is 3. The Balaban J connectivity index is 1.68. The molecule has 0 atom stereocenters. The van der Waals surface area contributed by atoms with Crippen molar-refractivity contribution in [1.82, 2.24) is 9.88 Å². The topological polar surface area (TPSA) is 82.6 Å². The van der Waals surface area contributed by atoms with Crippen molar-refractivity contribution in [3.05, 3.63) is 53.7 Å². The minimum atomic E-state index is -0.455. The van der Waals surface area contributed by atoms with Crippen molar-refractivity contribution < 1.29 is 14.4 Å². The van der Waals surface area contributed by atoms with Crippen LogP contribution in [0.2, 0.25) is 0 Å². The molecule has 1 aromatic carbocycles. The highest BCUT2D eigenvalue weighted by Gasteiger charge is 2.36. The van der Waals surface area contributed by atoms with Crippen LogP contribution < -0.4 is 10.2 Å². The Bertz CT molecular complexity index is 780. The van der Waals surface area contributed by atoms with E-state index < -0.39 is 17.7 Å². The molecule has 7 nitrogen and oxygen atoms in total. The van der Waals surface area contributed by atoms with Crippen molar-refractivity contribution in [3.8, 4) is 0 Å². The fraction of sp³-hybridized carbons (Fsp3) is 0.176. The van der Waals surface area contributed by atoms with Gasteiger partial charge < -0.3 is 10.2 Å². The van der Waals surface area contributed by atoms with Gasteiger partial charge in [-0.15, -0.1) is 0 Å². The molecule has 1 aliphatic rings. The zero-order chi connectivity index (χ0) is 17.3. The first-order chi connectivity index (χ1) is 11.5. The van der Waals surface area contributed by atoms with Gasteiger partial charge >= 0.3 is 0 Å².